The SMILES string of the molecule is [B][C@H]1CC[C@@]1(N)C#N. The van der Waals surface area contributed by atoms with Gasteiger partial charge in [0, 0.05) is 0 Å². The first kappa shape index (κ1) is 5.65. The minimum Gasteiger partial charge on any atom is -0.314 e. The summed E-state index contributed by atoms with van der Waals surface area (Å²) in [5.41, 5.74) is 4.77. The van der Waals surface area contributed by atoms with Gasteiger partial charge < -0.3 is 5.73 Å². The zero-order valence-corrected chi connectivity index (χ0v) is 4.59. The Kier molecular flexibility index (Phi) is 1.06. The molecule has 2 N–H and O–H groups in total. The van der Waals surface area contributed by atoms with Gasteiger partial charge in [0.1, 0.15) is 0 Å². The number of hydrogen-bond donors (Lipinski definition) is 1. The Balaban J connectivity index is 2.59. The summed E-state index contributed by atoms with van der Waals surface area (Å²) < 4.78 is 0. The van der Waals surface area contributed by atoms with Gasteiger partial charge in [-0.15, -0.1) is 0 Å². The largest absolute Gasteiger partial charge is 0.314 e. The zero-order valence-electron chi connectivity index (χ0n) is 4.59. The van der Waals surface area contributed by atoms with Crippen molar-refractivity contribution in [1.82, 2.24) is 0 Å². The topological polar surface area (TPSA) is 49.8 Å². The van der Waals surface area contributed by atoms with Gasteiger partial charge in [0.15, 0.2) is 0 Å². The summed E-state index contributed by atoms with van der Waals surface area (Å²) in [6.45, 7) is 0. The standard InChI is InChI=1S/C5H7BN2/c6-4-1-2-5(4,8)3-7/h4H,1-2,8H2/t4-,5+/m0/s1. The quantitative estimate of drug-likeness (QED) is 0.440. The predicted octanol–water partition coefficient (Wildman–Crippen LogP) is -0.0417. The van der Waals surface area contributed by atoms with Crippen molar-refractivity contribution in [3.05, 3.63) is 0 Å². The summed E-state index contributed by atoms with van der Waals surface area (Å²) in [6.07, 6.45) is 1.65. The smallest absolute Gasteiger partial charge is 0.0988 e. The van der Waals surface area contributed by atoms with Crippen molar-refractivity contribution in [3.8, 4) is 6.07 Å². The van der Waals surface area contributed by atoms with Gasteiger partial charge in [0.2, 0.25) is 0 Å². The molecule has 1 aliphatic carbocycles. The van der Waals surface area contributed by atoms with E-state index in [1.54, 1.807) is 0 Å². The van der Waals surface area contributed by atoms with Crippen LogP contribution in [-0.4, -0.2) is 13.4 Å². The lowest BCUT2D eigenvalue weighted by Gasteiger charge is -2.39. The van der Waals surface area contributed by atoms with E-state index in [-0.39, 0.29) is 5.82 Å². The van der Waals surface area contributed by atoms with Crippen LogP contribution in [0.2, 0.25) is 5.82 Å². The maximum Gasteiger partial charge on any atom is 0.0988 e. The van der Waals surface area contributed by atoms with Gasteiger partial charge in [-0.25, -0.2) is 0 Å². The monoisotopic (exact) mass is 106 g/mol. The molecule has 0 amide bonds. The van der Waals surface area contributed by atoms with E-state index in [9.17, 15) is 0 Å². The Morgan fingerprint density at radius 3 is 2.50 bits per heavy atom. The van der Waals surface area contributed by atoms with E-state index >= 15 is 0 Å². The van der Waals surface area contributed by atoms with E-state index in [0.29, 0.717) is 0 Å². The highest BCUT2D eigenvalue weighted by atomic mass is 14.8. The Bertz CT molecular complexity index is 140. The van der Waals surface area contributed by atoms with Crippen molar-refractivity contribution in [2.75, 3.05) is 0 Å². The number of nitriles is 1. The molecule has 0 spiro atoms. The van der Waals surface area contributed by atoms with E-state index in [1.807, 2.05) is 6.07 Å². The zero-order chi connectivity index (χ0) is 6.20. The first-order valence-electron chi connectivity index (χ1n) is 2.65. The van der Waals surface area contributed by atoms with E-state index in [1.165, 1.54) is 0 Å². The average molecular weight is 106 g/mol. The molecular formula is C5H7BN2. The third-order valence-corrected chi connectivity index (χ3v) is 1.74. The second-order valence-electron chi connectivity index (χ2n) is 2.30. The van der Waals surface area contributed by atoms with Crippen LogP contribution in [0.25, 0.3) is 0 Å². The van der Waals surface area contributed by atoms with Crippen LogP contribution in [0.3, 0.4) is 0 Å². The maximum atomic E-state index is 8.36. The molecule has 1 rings (SSSR count). The van der Waals surface area contributed by atoms with Crippen LogP contribution >= 0.6 is 0 Å². The molecule has 0 aromatic heterocycles. The highest BCUT2D eigenvalue weighted by Gasteiger charge is 2.39. The van der Waals surface area contributed by atoms with Crippen molar-refractivity contribution < 1.29 is 0 Å². The molecule has 1 aliphatic rings. The first-order chi connectivity index (χ1) is 3.69. The van der Waals surface area contributed by atoms with Crippen molar-refractivity contribution in [1.29, 1.82) is 5.26 Å². The van der Waals surface area contributed by atoms with Crippen molar-refractivity contribution in [2.45, 2.75) is 24.2 Å². The van der Waals surface area contributed by atoms with Gasteiger partial charge in [-0.1, -0.05) is 6.42 Å². The minimum absolute atomic E-state index is 0.0903. The molecule has 0 aliphatic heterocycles. The molecule has 8 heavy (non-hydrogen) atoms. The lowest BCUT2D eigenvalue weighted by molar-refractivity contribution is 0.328. The molecule has 0 bridgehead atoms. The van der Waals surface area contributed by atoms with Crippen LogP contribution in [0.4, 0.5) is 0 Å². The van der Waals surface area contributed by atoms with Gasteiger partial charge in [-0.2, -0.15) is 5.26 Å². The summed E-state index contributed by atoms with van der Waals surface area (Å²) in [6, 6.07) is 1.98. The van der Waals surface area contributed by atoms with Crippen LogP contribution in [-0.2, 0) is 0 Å². The molecule has 0 saturated heterocycles. The number of nitrogens with zero attached hydrogens (tertiary/aromatic N) is 1. The Morgan fingerprint density at radius 2 is 2.50 bits per heavy atom. The van der Waals surface area contributed by atoms with Gasteiger partial charge in [-0.05, 0) is 12.2 Å². The Morgan fingerprint density at radius 1 is 1.88 bits per heavy atom. The molecule has 1 fully saturated rings. The lowest BCUT2D eigenvalue weighted by atomic mass is 9.58. The second kappa shape index (κ2) is 1.49. The van der Waals surface area contributed by atoms with Crippen LogP contribution in [0.1, 0.15) is 12.8 Å². The molecule has 1 saturated carbocycles. The fraction of sp³-hybridized carbons (Fsp3) is 0.800. The minimum atomic E-state index is -0.694. The Hall–Kier alpha value is -0.485. The molecule has 0 aromatic carbocycles. The molecule has 2 nitrogen and oxygen atoms in total. The Labute approximate surface area is 50.1 Å². The molecule has 3 heteroatoms. The lowest BCUT2D eigenvalue weighted by Crippen LogP contribution is -2.50. The molecule has 2 radical (unpaired) electrons. The molecule has 0 heterocycles. The fourth-order valence-corrected chi connectivity index (χ4v) is 0.761. The highest BCUT2D eigenvalue weighted by molar-refractivity contribution is 6.13. The molecule has 0 unspecified atom stereocenters. The number of rotatable bonds is 0. The maximum absolute atomic E-state index is 8.36. The summed E-state index contributed by atoms with van der Waals surface area (Å²) in [4.78, 5) is 0. The second-order valence-corrected chi connectivity index (χ2v) is 2.30. The van der Waals surface area contributed by atoms with Gasteiger partial charge >= 0.3 is 0 Å². The predicted molar refractivity (Wildman–Crippen MR) is 31.3 cm³/mol. The number of hydrogen-bond acceptors (Lipinski definition) is 2. The normalized spacial score (nSPS) is 44.8. The van der Waals surface area contributed by atoms with Gasteiger partial charge in [0.25, 0.3) is 0 Å². The fourth-order valence-electron chi connectivity index (χ4n) is 0.761. The van der Waals surface area contributed by atoms with Crippen LogP contribution in [0, 0.1) is 11.3 Å². The van der Waals surface area contributed by atoms with E-state index in [4.69, 9.17) is 18.8 Å². The molecular weight excluding hydrogens is 98.9 g/mol. The van der Waals surface area contributed by atoms with E-state index in [0.717, 1.165) is 12.8 Å². The van der Waals surface area contributed by atoms with Crippen LogP contribution < -0.4 is 5.73 Å². The highest BCUT2D eigenvalue weighted by Crippen LogP contribution is 2.38. The van der Waals surface area contributed by atoms with Crippen molar-refractivity contribution in [3.63, 3.8) is 0 Å². The summed E-state index contributed by atoms with van der Waals surface area (Å²) in [7, 11) is 5.42. The number of nitrogens with two attached hydrogens (primary N) is 1. The third-order valence-electron chi connectivity index (χ3n) is 1.74. The molecule has 2 atom stereocenters. The molecule has 0 aromatic rings. The van der Waals surface area contributed by atoms with E-state index in [2.05, 4.69) is 0 Å². The van der Waals surface area contributed by atoms with Gasteiger partial charge in [-0.3, -0.25) is 0 Å². The average Bonchev–Trinajstić information content (AvgIpc) is 1.83. The summed E-state index contributed by atoms with van der Waals surface area (Å²) in [5, 5.41) is 8.36. The molecule has 40 valence electrons. The summed E-state index contributed by atoms with van der Waals surface area (Å²) >= 11 is 0. The summed E-state index contributed by atoms with van der Waals surface area (Å²) in [5.74, 6) is -0.0903. The van der Waals surface area contributed by atoms with Crippen molar-refractivity contribution >= 4 is 7.85 Å². The third kappa shape index (κ3) is 0.534. The van der Waals surface area contributed by atoms with Gasteiger partial charge in [0.05, 0.1) is 19.5 Å². The van der Waals surface area contributed by atoms with Crippen molar-refractivity contribution in [2.24, 2.45) is 5.73 Å². The van der Waals surface area contributed by atoms with Crippen LogP contribution in [0.5, 0.6) is 0 Å². The van der Waals surface area contributed by atoms with E-state index < -0.39 is 5.54 Å². The first-order valence-corrected chi connectivity index (χ1v) is 2.65. The van der Waals surface area contributed by atoms with Crippen LogP contribution in [0.15, 0.2) is 0 Å².